The monoisotopic (exact) mass is 254 g/mol. The number of pyridine rings is 1. The second kappa shape index (κ2) is 4.41. The summed E-state index contributed by atoms with van der Waals surface area (Å²) in [5, 5.41) is 0. The minimum absolute atomic E-state index is 0.598. The first-order valence-electron chi connectivity index (χ1n) is 5.16. The number of halogens is 1. The van der Waals surface area contributed by atoms with Crippen molar-refractivity contribution in [2.45, 2.75) is 25.8 Å². The van der Waals surface area contributed by atoms with Crippen LogP contribution >= 0.6 is 15.9 Å². The van der Waals surface area contributed by atoms with Crippen LogP contribution in [-0.2, 0) is 0 Å². The summed E-state index contributed by atoms with van der Waals surface area (Å²) in [5.41, 5.74) is 1.35. The van der Waals surface area contributed by atoms with Gasteiger partial charge in [-0.3, -0.25) is 4.90 Å². The van der Waals surface area contributed by atoms with E-state index in [0.717, 1.165) is 11.1 Å². The van der Waals surface area contributed by atoms with E-state index in [4.69, 9.17) is 0 Å². The molecule has 0 saturated carbocycles. The highest BCUT2D eigenvalue weighted by Crippen LogP contribution is 2.31. The molecule has 0 amide bonds. The fourth-order valence-corrected chi connectivity index (χ4v) is 2.40. The summed E-state index contributed by atoms with van der Waals surface area (Å²) in [6.45, 7) is 4.60. The van der Waals surface area contributed by atoms with Crippen molar-refractivity contribution in [3.8, 4) is 0 Å². The molecule has 0 unspecified atom stereocenters. The molecule has 76 valence electrons. The van der Waals surface area contributed by atoms with E-state index >= 15 is 0 Å². The molecule has 1 saturated heterocycles. The van der Waals surface area contributed by atoms with E-state index in [1.54, 1.807) is 0 Å². The smallest absolute Gasteiger partial charge is 0.106 e. The van der Waals surface area contributed by atoms with Crippen LogP contribution in [0.2, 0.25) is 0 Å². The molecule has 1 aromatic rings. The lowest BCUT2D eigenvalue weighted by molar-refractivity contribution is 0.271. The van der Waals surface area contributed by atoms with E-state index in [9.17, 15) is 0 Å². The highest BCUT2D eigenvalue weighted by atomic mass is 79.9. The van der Waals surface area contributed by atoms with Gasteiger partial charge in [-0.1, -0.05) is 13.0 Å². The predicted molar refractivity (Wildman–Crippen MR) is 61.2 cm³/mol. The van der Waals surface area contributed by atoms with Gasteiger partial charge < -0.3 is 0 Å². The minimum Gasteiger partial charge on any atom is -0.297 e. The third kappa shape index (κ3) is 1.98. The van der Waals surface area contributed by atoms with Crippen LogP contribution in [0.25, 0.3) is 0 Å². The highest BCUT2D eigenvalue weighted by Gasteiger charge is 2.24. The van der Waals surface area contributed by atoms with E-state index in [2.05, 4.69) is 38.8 Å². The number of nitrogens with zero attached hydrogens (tertiary/aromatic N) is 2. The molecule has 2 rings (SSSR count). The van der Waals surface area contributed by atoms with E-state index in [-0.39, 0.29) is 0 Å². The SMILES string of the molecule is CCN1CCC[C@H]1c1ccc(Br)nc1. The van der Waals surface area contributed by atoms with Crippen LogP contribution in [0.1, 0.15) is 31.4 Å². The minimum atomic E-state index is 0.598. The summed E-state index contributed by atoms with van der Waals surface area (Å²) in [6, 6.07) is 4.80. The van der Waals surface area contributed by atoms with Crippen molar-refractivity contribution in [2.24, 2.45) is 0 Å². The summed E-state index contributed by atoms with van der Waals surface area (Å²) >= 11 is 3.36. The maximum atomic E-state index is 4.28. The van der Waals surface area contributed by atoms with Crippen LogP contribution < -0.4 is 0 Å². The first-order valence-corrected chi connectivity index (χ1v) is 5.96. The number of rotatable bonds is 2. The van der Waals surface area contributed by atoms with Gasteiger partial charge in [0.05, 0.1) is 0 Å². The lowest BCUT2D eigenvalue weighted by atomic mass is 10.1. The molecule has 1 aliphatic rings. The molecule has 1 atom stereocenters. The van der Waals surface area contributed by atoms with Crippen molar-refractivity contribution in [2.75, 3.05) is 13.1 Å². The number of hydrogen-bond acceptors (Lipinski definition) is 2. The van der Waals surface area contributed by atoms with Gasteiger partial charge in [-0.2, -0.15) is 0 Å². The topological polar surface area (TPSA) is 16.1 Å². The van der Waals surface area contributed by atoms with Gasteiger partial charge in [0.1, 0.15) is 4.60 Å². The van der Waals surface area contributed by atoms with Crippen molar-refractivity contribution in [3.63, 3.8) is 0 Å². The normalized spacial score (nSPS) is 22.9. The molecule has 0 bridgehead atoms. The third-order valence-corrected chi connectivity index (χ3v) is 3.37. The van der Waals surface area contributed by atoms with Gasteiger partial charge in [0.15, 0.2) is 0 Å². The molecule has 1 fully saturated rings. The molecule has 0 radical (unpaired) electrons. The lowest BCUT2D eigenvalue weighted by Crippen LogP contribution is -2.22. The van der Waals surface area contributed by atoms with Gasteiger partial charge in [0.2, 0.25) is 0 Å². The van der Waals surface area contributed by atoms with Crippen molar-refractivity contribution >= 4 is 15.9 Å². The third-order valence-electron chi connectivity index (χ3n) is 2.90. The van der Waals surface area contributed by atoms with Crippen LogP contribution in [0.5, 0.6) is 0 Å². The van der Waals surface area contributed by atoms with E-state index in [1.165, 1.54) is 24.9 Å². The summed E-state index contributed by atoms with van der Waals surface area (Å²) in [4.78, 5) is 6.80. The van der Waals surface area contributed by atoms with Crippen molar-refractivity contribution in [3.05, 3.63) is 28.5 Å². The number of likely N-dealkylation sites (tertiary alicyclic amines) is 1. The Labute approximate surface area is 93.5 Å². The Morgan fingerprint density at radius 3 is 3.07 bits per heavy atom. The molecular weight excluding hydrogens is 240 g/mol. The van der Waals surface area contributed by atoms with E-state index < -0.39 is 0 Å². The van der Waals surface area contributed by atoms with Crippen molar-refractivity contribution < 1.29 is 0 Å². The van der Waals surface area contributed by atoms with Gasteiger partial charge in [0.25, 0.3) is 0 Å². The molecule has 0 spiro atoms. The van der Waals surface area contributed by atoms with Crippen LogP contribution in [0.15, 0.2) is 22.9 Å². The van der Waals surface area contributed by atoms with Crippen molar-refractivity contribution in [1.29, 1.82) is 0 Å². The quantitative estimate of drug-likeness (QED) is 0.755. The first kappa shape index (κ1) is 10.1. The lowest BCUT2D eigenvalue weighted by Gasteiger charge is -2.22. The molecule has 0 aromatic carbocycles. The average molecular weight is 255 g/mol. The van der Waals surface area contributed by atoms with Gasteiger partial charge in [-0.25, -0.2) is 4.98 Å². The Balaban J connectivity index is 2.17. The second-order valence-electron chi connectivity index (χ2n) is 3.70. The largest absolute Gasteiger partial charge is 0.297 e. The molecule has 14 heavy (non-hydrogen) atoms. The van der Waals surface area contributed by atoms with Gasteiger partial charge >= 0.3 is 0 Å². The fourth-order valence-electron chi connectivity index (χ4n) is 2.17. The van der Waals surface area contributed by atoms with Gasteiger partial charge in [-0.15, -0.1) is 0 Å². The molecule has 0 N–H and O–H groups in total. The van der Waals surface area contributed by atoms with E-state index in [1.807, 2.05) is 12.3 Å². The maximum absolute atomic E-state index is 4.28. The zero-order valence-electron chi connectivity index (χ0n) is 8.41. The highest BCUT2D eigenvalue weighted by molar-refractivity contribution is 9.10. The zero-order valence-corrected chi connectivity index (χ0v) is 10.00. The molecule has 3 heteroatoms. The molecule has 2 nitrogen and oxygen atoms in total. The number of aromatic nitrogens is 1. The summed E-state index contributed by atoms with van der Waals surface area (Å²) < 4.78 is 0.919. The summed E-state index contributed by atoms with van der Waals surface area (Å²) in [6.07, 6.45) is 4.58. The Morgan fingerprint density at radius 2 is 2.43 bits per heavy atom. The molecule has 0 aliphatic carbocycles. The molecule has 1 aromatic heterocycles. The van der Waals surface area contributed by atoms with E-state index in [0.29, 0.717) is 6.04 Å². The number of hydrogen-bond donors (Lipinski definition) is 0. The molecular formula is C11H15BrN2. The predicted octanol–water partition coefficient (Wildman–Crippen LogP) is 3.00. The Kier molecular flexibility index (Phi) is 3.19. The molecule has 1 aliphatic heterocycles. The zero-order chi connectivity index (χ0) is 9.97. The Hall–Kier alpha value is -0.410. The van der Waals surface area contributed by atoms with Crippen molar-refractivity contribution in [1.82, 2.24) is 9.88 Å². The molecule has 2 heterocycles. The fraction of sp³-hybridized carbons (Fsp3) is 0.545. The van der Waals surface area contributed by atoms with Gasteiger partial charge in [-0.05, 0) is 53.5 Å². The summed E-state index contributed by atoms with van der Waals surface area (Å²) in [7, 11) is 0. The average Bonchev–Trinajstić information content (AvgIpc) is 2.67. The first-order chi connectivity index (χ1) is 6.81. The maximum Gasteiger partial charge on any atom is 0.106 e. The Morgan fingerprint density at radius 1 is 1.57 bits per heavy atom. The van der Waals surface area contributed by atoms with Crippen LogP contribution in [-0.4, -0.2) is 23.0 Å². The van der Waals surface area contributed by atoms with Crippen LogP contribution in [0.3, 0.4) is 0 Å². The Bertz CT molecular complexity index is 297. The van der Waals surface area contributed by atoms with Gasteiger partial charge in [0, 0.05) is 12.2 Å². The van der Waals surface area contributed by atoms with Crippen LogP contribution in [0.4, 0.5) is 0 Å². The van der Waals surface area contributed by atoms with Crippen LogP contribution in [0, 0.1) is 0 Å². The summed E-state index contributed by atoms with van der Waals surface area (Å²) in [5.74, 6) is 0. The second-order valence-corrected chi connectivity index (χ2v) is 4.51. The standard InChI is InChI=1S/C11H15BrN2/c1-2-14-7-3-4-10(14)9-5-6-11(12)13-8-9/h5-6,8,10H,2-4,7H2,1H3/t10-/m0/s1.